The third kappa shape index (κ3) is 3.75. The summed E-state index contributed by atoms with van der Waals surface area (Å²) in [5.74, 6) is 0.235. The van der Waals surface area contributed by atoms with E-state index in [0.717, 1.165) is 18.8 Å². The first-order valence-corrected chi connectivity index (χ1v) is 7.74. The van der Waals surface area contributed by atoms with Gasteiger partial charge < -0.3 is 14.6 Å². The number of pyridine rings is 1. The van der Waals surface area contributed by atoms with Crippen molar-refractivity contribution < 1.29 is 9.53 Å². The number of morpholine rings is 1. The number of rotatable bonds is 5. The van der Waals surface area contributed by atoms with E-state index < -0.39 is 0 Å². The zero-order chi connectivity index (χ0) is 16.1. The first kappa shape index (κ1) is 15.6. The van der Waals surface area contributed by atoms with Crippen LogP contribution in [0.2, 0.25) is 0 Å². The fourth-order valence-electron chi connectivity index (χ4n) is 2.74. The van der Waals surface area contributed by atoms with E-state index >= 15 is 0 Å². The number of nitrogens with one attached hydrogen (secondary N) is 1. The SMILES string of the molecule is Cn1ccnc1C(=O)NC[C@H](c1ccccn1)N1CCOCC1. The third-order valence-corrected chi connectivity index (χ3v) is 4.00. The number of hydrogen-bond donors (Lipinski definition) is 1. The third-order valence-electron chi connectivity index (χ3n) is 4.00. The Morgan fingerprint density at radius 3 is 2.78 bits per heavy atom. The summed E-state index contributed by atoms with van der Waals surface area (Å²) in [6.45, 7) is 3.56. The van der Waals surface area contributed by atoms with Gasteiger partial charge in [0.15, 0.2) is 5.82 Å². The lowest BCUT2D eigenvalue weighted by atomic mass is 10.1. The largest absolute Gasteiger partial charge is 0.379 e. The maximum atomic E-state index is 12.3. The minimum atomic E-state index is -0.174. The van der Waals surface area contributed by atoms with Crippen LogP contribution in [-0.2, 0) is 11.8 Å². The number of carbonyl (C=O) groups is 1. The molecule has 1 aliphatic heterocycles. The van der Waals surface area contributed by atoms with Crippen molar-refractivity contribution >= 4 is 5.91 Å². The molecule has 23 heavy (non-hydrogen) atoms. The summed E-state index contributed by atoms with van der Waals surface area (Å²) in [5, 5.41) is 2.98. The molecule has 1 N–H and O–H groups in total. The second-order valence-corrected chi connectivity index (χ2v) is 5.49. The standard InChI is InChI=1S/C16H21N5O2/c1-20-7-6-18-15(20)16(22)19-12-14(13-4-2-3-5-17-13)21-8-10-23-11-9-21/h2-7,14H,8-12H2,1H3,(H,19,22)/t14-/m1/s1. The van der Waals surface area contributed by atoms with Gasteiger partial charge in [-0.2, -0.15) is 0 Å². The monoisotopic (exact) mass is 315 g/mol. The van der Waals surface area contributed by atoms with Gasteiger partial charge in [-0.1, -0.05) is 6.07 Å². The Balaban J connectivity index is 1.71. The fourth-order valence-corrected chi connectivity index (χ4v) is 2.74. The highest BCUT2D eigenvalue weighted by atomic mass is 16.5. The van der Waals surface area contributed by atoms with Crippen molar-refractivity contribution in [1.82, 2.24) is 24.8 Å². The molecule has 7 nitrogen and oxygen atoms in total. The molecule has 2 aromatic rings. The zero-order valence-corrected chi connectivity index (χ0v) is 13.2. The number of aromatic nitrogens is 3. The van der Waals surface area contributed by atoms with Crippen LogP contribution in [0.25, 0.3) is 0 Å². The summed E-state index contributed by atoms with van der Waals surface area (Å²) in [4.78, 5) is 23.1. The van der Waals surface area contributed by atoms with Crippen molar-refractivity contribution in [3.05, 3.63) is 48.3 Å². The molecule has 0 aromatic carbocycles. The Labute approximate surface area is 135 Å². The first-order valence-electron chi connectivity index (χ1n) is 7.74. The molecule has 1 fully saturated rings. The van der Waals surface area contributed by atoms with Crippen LogP contribution in [0.4, 0.5) is 0 Å². The summed E-state index contributed by atoms with van der Waals surface area (Å²) < 4.78 is 7.13. The predicted molar refractivity (Wildman–Crippen MR) is 84.9 cm³/mol. The molecule has 1 amide bonds. The van der Waals surface area contributed by atoms with Gasteiger partial charge in [0.25, 0.3) is 5.91 Å². The lowest BCUT2D eigenvalue weighted by molar-refractivity contribution is 0.0153. The van der Waals surface area contributed by atoms with E-state index in [9.17, 15) is 4.79 Å². The Kier molecular flexibility index (Phi) is 4.99. The number of hydrogen-bond acceptors (Lipinski definition) is 5. The van der Waals surface area contributed by atoms with Crippen LogP contribution in [0.15, 0.2) is 36.8 Å². The quantitative estimate of drug-likeness (QED) is 0.876. The van der Waals surface area contributed by atoms with E-state index in [0.29, 0.717) is 25.6 Å². The van der Waals surface area contributed by atoms with E-state index in [4.69, 9.17) is 4.74 Å². The Morgan fingerprint density at radius 2 is 2.13 bits per heavy atom. The second kappa shape index (κ2) is 7.34. The zero-order valence-electron chi connectivity index (χ0n) is 13.2. The van der Waals surface area contributed by atoms with Crippen LogP contribution < -0.4 is 5.32 Å². The van der Waals surface area contributed by atoms with E-state index in [1.54, 1.807) is 30.2 Å². The average molecular weight is 315 g/mol. The minimum Gasteiger partial charge on any atom is -0.379 e. The van der Waals surface area contributed by atoms with Gasteiger partial charge >= 0.3 is 0 Å². The second-order valence-electron chi connectivity index (χ2n) is 5.49. The van der Waals surface area contributed by atoms with Crippen LogP contribution in [0.3, 0.4) is 0 Å². The smallest absolute Gasteiger partial charge is 0.287 e. The summed E-state index contributed by atoms with van der Waals surface area (Å²) in [6.07, 6.45) is 5.16. The molecule has 1 aliphatic rings. The number of imidazole rings is 1. The lowest BCUT2D eigenvalue weighted by Crippen LogP contribution is -2.44. The Morgan fingerprint density at radius 1 is 1.30 bits per heavy atom. The fraction of sp³-hybridized carbons (Fsp3) is 0.438. The van der Waals surface area contributed by atoms with Crippen molar-refractivity contribution in [2.45, 2.75) is 6.04 Å². The van der Waals surface area contributed by atoms with Crippen LogP contribution in [0.1, 0.15) is 22.4 Å². The van der Waals surface area contributed by atoms with Crippen LogP contribution in [0.5, 0.6) is 0 Å². The molecular weight excluding hydrogens is 294 g/mol. The summed E-state index contributed by atoms with van der Waals surface area (Å²) >= 11 is 0. The first-order chi connectivity index (χ1) is 11.3. The van der Waals surface area contributed by atoms with Gasteiger partial charge in [0.2, 0.25) is 0 Å². The summed E-state index contributed by atoms with van der Waals surface area (Å²) in [7, 11) is 1.81. The van der Waals surface area contributed by atoms with E-state index in [-0.39, 0.29) is 11.9 Å². The molecule has 0 radical (unpaired) electrons. The van der Waals surface area contributed by atoms with Gasteiger partial charge in [-0.25, -0.2) is 4.98 Å². The molecule has 0 saturated carbocycles. The summed E-state index contributed by atoms with van der Waals surface area (Å²) in [5.41, 5.74) is 0.953. The Hall–Kier alpha value is -2.25. The topological polar surface area (TPSA) is 72.3 Å². The van der Waals surface area contributed by atoms with Crippen molar-refractivity contribution in [3.8, 4) is 0 Å². The van der Waals surface area contributed by atoms with Crippen LogP contribution >= 0.6 is 0 Å². The van der Waals surface area contributed by atoms with Gasteiger partial charge in [-0.05, 0) is 12.1 Å². The molecule has 1 atom stereocenters. The maximum absolute atomic E-state index is 12.3. The highest BCUT2D eigenvalue weighted by Gasteiger charge is 2.24. The number of nitrogens with zero attached hydrogens (tertiary/aromatic N) is 4. The highest BCUT2D eigenvalue weighted by Crippen LogP contribution is 2.19. The molecule has 1 saturated heterocycles. The Bertz CT molecular complexity index is 637. The van der Waals surface area contributed by atoms with E-state index in [2.05, 4.69) is 20.2 Å². The van der Waals surface area contributed by atoms with Crippen molar-refractivity contribution in [3.63, 3.8) is 0 Å². The molecule has 7 heteroatoms. The minimum absolute atomic E-state index is 0.0318. The molecule has 122 valence electrons. The molecular formula is C16H21N5O2. The number of aryl methyl sites for hydroxylation is 1. The highest BCUT2D eigenvalue weighted by molar-refractivity contribution is 5.90. The van der Waals surface area contributed by atoms with Gasteiger partial charge in [0.05, 0.1) is 24.9 Å². The maximum Gasteiger partial charge on any atom is 0.287 e. The van der Waals surface area contributed by atoms with Crippen LogP contribution in [0, 0.1) is 0 Å². The number of ether oxygens (including phenoxy) is 1. The molecule has 0 unspecified atom stereocenters. The molecule has 0 bridgehead atoms. The van der Waals surface area contributed by atoms with Crippen molar-refractivity contribution in [1.29, 1.82) is 0 Å². The van der Waals surface area contributed by atoms with Gasteiger partial charge in [0, 0.05) is 45.3 Å². The van der Waals surface area contributed by atoms with E-state index in [1.165, 1.54) is 0 Å². The van der Waals surface area contributed by atoms with Crippen LogP contribution in [-0.4, -0.2) is 58.2 Å². The predicted octanol–water partition coefficient (Wildman–Crippen LogP) is 0.618. The average Bonchev–Trinajstić information content (AvgIpc) is 3.03. The molecule has 0 aliphatic carbocycles. The molecule has 3 rings (SSSR count). The molecule has 2 aromatic heterocycles. The van der Waals surface area contributed by atoms with Gasteiger partial charge in [0.1, 0.15) is 0 Å². The number of carbonyl (C=O) groups excluding carboxylic acids is 1. The normalized spacial score (nSPS) is 16.9. The lowest BCUT2D eigenvalue weighted by Gasteiger charge is -2.34. The van der Waals surface area contributed by atoms with Gasteiger partial charge in [-0.3, -0.25) is 14.7 Å². The van der Waals surface area contributed by atoms with Gasteiger partial charge in [-0.15, -0.1) is 0 Å². The van der Waals surface area contributed by atoms with Crippen molar-refractivity contribution in [2.24, 2.45) is 7.05 Å². The number of amides is 1. The summed E-state index contributed by atoms with van der Waals surface area (Å²) in [6, 6.07) is 5.89. The molecule has 3 heterocycles. The molecule has 0 spiro atoms. The van der Waals surface area contributed by atoms with Crippen molar-refractivity contribution in [2.75, 3.05) is 32.8 Å². The van der Waals surface area contributed by atoms with E-state index in [1.807, 2.05) is 18.2 Å².